The summed E-state index contributed by atoms with van der Waals surface area (Å²) in [6.07, 6.45) is 2.37. The normalized spacial score (nSPS) is 10.3. The van der Waals surface area contributed by atoms with Crippen LogP contribution in [0.4, 0.5) is 5.82 Å². The number of ether oxygens (including phenoxy) is 2. The van der Waals surface area contributed by atoms with Gasteiger partial charge in [-0.15, -0.1) is 0 Å². The Kier molecular flexibility index (Phi) is 5.47. The number of nitrogens with zero attached hydrogens (tertiary/aromatic N) is 2. The number of halogens is 2. The lowest BCUT2D eigenvalue weighted by Gasteiger charge is -2.13. The number of hydrogen-bond donors (Lipinski definition) is 1. The van der Waals surface area contributed by atoms with Crippen molar-refractivity contribution in [3.63, 3.8) is 0 Å². The zero-order valence-electron chi connectivity index (χ0n) is 11.7. The molecular weight excluding hydrogens is 313 g/mol. The van der Waals surface area contributed by atoms with Gasteiger partial charge in [-0.2, -0.15) is 4.98 Å². The largest absolute Gasteiger partial charge is 0.489 e. The van der Waals surface area contributed by atoms with Crippen LogP contribution in [-0.2, 0) is 0 Å². The van der Waals surface area contributed by atoms with Gasteiger partial charge in [0.2, 0.25) is 5.75 Å². The van der Waals surface area contributed by atoms with Crippen molar-refractivity contribution in [1.82, 2.24) is 9.97 Å². The molecule has 0 aliphatic rings. The van der Waals surface area contributed by atoms with Gasteiger partial charge in [0.1, 0.15) is 12.1 Å². The standard InChI is InChI=1S/C14H15Cl2N3O2/c1-3-4-17-13-12(20-2)14(19-8-18-13)21-11-6-9(15)5-10(16)7-11/h5-8H,3-4H2,1-2H3,(H,17,18,19). The third kappa shape index (κ3) is 4.12. The molecule has 0 bridgehead atoms. The minimum absolute atomic E-state index is 0.296. The van der Waals surface area contributed by atoms with Crippen LogP contribution in [0.15, 0.2) is 24.5 Å². The van der Waals surface area contributed by atoms with Crippen LogP contribution < -0.4 is 14.8 Å². The molecule has 1 aromatic carbocycles. The first-order chi connectivity index (χ1) is 10.1. The number of anilines is 1. The van der Waals surface area contributed by atoms with Crippen LogP contribution in [0.25, 0.3) is 0 Å². The predicted molar refractivity (Wildman–Crippen MR) is 83.9 cm³/mol. The van der Waals surface area contributed by atoms with E-state index in [0.717, 1.165) is 13.0 Å². The van der Waals surface area contributed by atoms with Crippen LogP contribution in [0.2, 0.25) is 10.0 Å². The van der Waals surface area contributed by atoms with E-state index in [2.05, 4.69) is 22.2 Å². The maximum atomic E-state index is 5.95. The lowest BCUT2D eigenvalue weighted by Crippen LogP contribution is -2.05. The fraction of sp³-hybridized carbons (Fsp3) is 0.286. The zero-order chi connectivity index (χ0) is 15.2. The third-order valence-electron chi connectivity index (χ3n) is 2.57. The number of rotatable bonds is 6. The summed E-state index contributed by atoms with van der Waals surface area (Å²) in [5.74, 6) is 1.79. The van der Waals surface area contributed by atoms with E-state index in [-0.39, 0.29) is 0 Å². The monoisotopic (exact) mass is 327 g/mol. The van der Waals surface area contributed by atoms with Crippen molar-refractivity contribution < 1.29 is 9.47 Å². The Bertz CT molecular complexity index is 603. The molecule has 0 atom stereocenters. The third-order valence-corrected chi connectivity index (χ3v) is 3.00. The van der Waals surface area contributed by atoms with Gasteiger partial charge in [-0.05, 0) is 24.6 Å². The van der Waals surface area contributed by atoms with Crippen molar-refractivity contribution in [1.29, 1.82) is 0 Å². The molecule has 0 radical (unpaired) electrons. The molecule has 2 aromatic rings. The van der Waals surface area contributed by atoms with E-state index in [4.69, 9.17) is 32.7 Å². The Morgan fingerprint density at radius 1 is 1.14 bits per heavy atom. The number of nitrogens with one attached hydrogen (secondary N) is 1. The average molecular weight is 328 g/mol. The zero-order valence-corrected chi connectivity index (χ0v) is 13.2. The minimum atomic E-state index is 0.296. The second kappa shape index (κ2) is 7.33. The maximum Gasteiger partial charge on any atom is 0.268 e. The van der Waals surface area contributed by atoms with Gasteiger partial charge in [0.15, 0.2) is 5.82 Å². The van der Waals surface area contributed by atoms with E-state index in [1.165, 1.54) is 13.4 Å². The van der Waals surface area contributed by atoms with Gasteiger partial charge in [0, 0.05) is 16.6 Å². The fourth-order valence-electron chi connectivity index (χ4n) is 1.68. The van der Waals surface area contributed by atoms with Crippen LogP contribution >= 0.6 is 23.2 Å². The van der Waals surface area contributed by atoms with E-state index in [0.29, 0.717) is 33.2 Å². The van der Waals surface area contributed by atoms with Crippen molar-refractivity contribution in [2.45, 2.75) is 13.3 Å². The summed E-state index contributed by atoms with van der Waals surface area (Å²) in [7, 11) is 1.54. The molecule has 0 fully saturated rings. The Labute approximate surface area is 133 Å². The average Bonchev–Trinajstić information content (AvgIpc) is 2.44. The second-order valence-corrected chi connectivity index (χ2v) is 5.07. The van der Waals surface area contributed by atoms with Gasteiger partial charge >= 0.3 is 0 Å². The Morgan fingerprint density at radius 3 is 2.48 bits per heavy atom. The highest BCUT2D eigenvalue weighted by atomic mass is 35.5. The number of aromatic nitrogens is 2. The molecule has 1 aromatic heterocycles. The molecule has 112 valence electrons. The smallest absolute Gasteiger partial charge is 0.268 e. The van der Waals surface area contributed by atoms with E-state index >= 15 is 0 Å². The molecule has 0 saturated heterocycles. The molecule has 0 spiro atoms. The predicted octanol–water partition coefficient (Wildman–Crippen LogP) is 4.41. The van der Waals surface area contributed by atoms with Crippen molar-refractivity contribution in [2.75, 3.05) is 19.0 Å². The Hall–Kier alpha value is -1.72. The molecular formula is C14H15Cl2N3O2. The molecule has 0 aliphatic heterocycles. The summed E-state index contributed by atoms with van der Waals surface area (Å²) in [6.45, 7) is 2.84. The Balaban J connectivity index is 2.30. The molecule has 1 heterocycles. The summed E-state index contributed by atoms with van der Waals surface area (Å²) in [6, 6.07) is 4.92. The molecule has 1 N–H and O–H groups in total. The Morgan fingerprint density at radius 2 is 1.86 bits per heavy atom. The quantitative estimate of drug-likeness (QED) is 0.851. The molecule has 0 unspecified atom stereocenters. The fourth-order valence-corrected chi connectivity index (χ4v) is 2.19. The van der Waals surface area contributed by atoms with E-state index < -0.39 is 0 Å². The van der Waals surface area contributed by atoms with Crippen LogP contribution in [0.3, 0.4) is 0 Å². The summed E-state index contributed by atoms with van der Waals surface area (Å²) >= 11 is 11.9. The summed E-state index contributed by atoms with van der Waals surface area (Å²) < 4.78 is 11.0. The first-order valence-corrected chi connectivity index (χ1v) is 7.16. The summed E-state index contributed by atoms with van der Waals surface area (Å²) in [5, 5.41) is 4.12. The molecule has 7 heteroatoms. The molecule has 2 rings (SSSR count). The first kappa shape index (κ1) is 15.7. The van der Waals surface area contributed by atoms with Crippen molar-refractivity contribution in [3.05, 3.63) is 34.6 Å². The lowest BCUT2D eigenvalue weighted by molar-refractivity contribution is 0.369. The van der Waals surface area contributed by atoms with Crippen LogP contribution in [0.1, 0.15) is 13.3 Å². The number of benzene rings is 1. The molecule has 0 aliphatic carbocycles. The number of hydrogen-bond acceptors (Lipinski definition) is 5. The molecule has 0 saturated carbocycles. The van der Waals surface area contributed by atoms with Gasteiger partial charge in [0.05, 0.1) is 7.11 Å². The van der Waals surface area contributed by atoms with Crippen molar-refractivity contribution in [2.24, 2.45) is 0 Å². The van der Waals surface area contributed by atoms with Crippen molar-refractivity contribution in [3.8, 4) is 17.4 Å². The van der Waals surface area contributed by atoms with Crippen LogP contribution in [-0.4, -0.2) is 23.6 Å². The van der Waals surface area contributed by atoms with Gasteiger partial charge in [-0.1, -0.05) is 30.1 Å². The number of methoxy groups -OCH3 is 1. The maximum absolute atomic E-state index is 5.95. The van der Waals surface area contributed by atoms with Gasteiger partial charge in [0.25, 0.3) is 5.88 Å². The van der Waals surface area contributed by atoms with Gasteiger partial charge in [-0.25, -0.2) is 4.98 Å². The summed E-state index contributed by atoms with van der Waals surface area (Å²) in [4.78, 5) is 8.23. The SMILES string of the molecule is CCCNc1ncnc(Oc2cc(Cl)cc(Cl)c2)c1OC. The molecule has 21 heavy (non-hydrogen) atoms. The van der Waals surface area contributed by atoms with Gasteiger partial charge < -0.3 is 14.8 Å². The van der Waals surface area contributed by atoms with Crippen LogP contribution in [0.5, 0.6) is 17.4 Å². The second-order valence-electron chi connectivity index (χ2n) is 4.19. The highest BCUT2D eigenvalue weighted by Gasteiger charge is 2.14. The van der Waals surface area contributed by atoms with Crippen LogP contribution in [0, 0.1) is 0 Å². The molecule has 0 amide bonds. The van der Waals surface area contributed by atoms with Crippen molar-refractivity contribution >= 4 is 29.0 Å². The summed E-state index contributed by atoms with van der Waals surface area (Å²) in [5.41, 5.74) is 0. The van der Waals surface area contributed by atoms with E-state index in [1.54, 1.807) is 18.2 Å². The van der Waals surface area contributed by atoms with E-state index in [1.807, 2.05) is 0 Å². The molecule has 5 nitrogen and oxygen atoms in total. The first-order valence-electron chi connectivity index (χ1n) is 6.40. The highest BCUT2D eigenvalue weighted by molar-refractivity contribution is 6.34. The topological polar surface area (TPSA) is 56.3 Å². The highest BCUT2D eigenvalue weighted by Crippen LogP contribution is 2.35. The lowest BCUT2D eigenvalue weighted by atomic mass is 10.3. The minimum Gasteiger partial charge on any atom is -0.489 e. The van der Waals surface area contributed by atoms with Gasteiger partial charge in [-0.3, -0.25) is 0 Å². The van der Waals surface area contributed by atoms with E-state index in [9.17, 15) is 0 Å².